The molecule has 0 aromatic heterocycles. The van der Waals surface area contributed by atoms with Crippen molar-refractivity contribution in [1.82, 2.24) is 4.90 Å². The highest BCUT2D eigenvalue weighted by Crippen LogP contribution is 2.28. The largest absolute Gasteiger partial charge is 0.495 e. The standard InChI is InChI=1S/C21H24N2O3S/c1-15-9-10-18(26-2)17(13-15)22-21(25)16-7-3-4-8-19(16)27-14-20(24)23-11-5-6-12-23/h3-4,7-10,13H,5-6,11-12,14H2,1-2H3,(H,22,25). The molecule has 0 unspecified atom stereocenters. The maximum absolute atomic E-state index is 12.8. The fourth-order valence-electron chi connectivity index (χ4n) is 3.09. The summed E-state index contributed by atoms with van der Waals surface area (Å²) in [5.74, 6) is 0.880. The van der Waals surface area contributed by atoms with Gasteiger partial charge in [-0.25, -0.2) is 0 Å². The second-order valence-electron chi connectivity index (χ2n) is 6.53. The average Bonchev–Trinajstić information content (AvgIpc) is 3.21. The number of amides is 2. The minimum Gasteiger partial charge on any atom is -0.495 e. The first-order valence-corrected chi connectivity index (χ1v) is 10.0. The van der Waals surface area contributed by atoms with Crippen LogP contribution in [-0.2, 0) is 4.79 Å². The van der Waals surface area contributed by atoms with Gasteiger partial charge in [0.2, 0.25) is 5.91 Å². The number of carbonyl (C=O) groups excluding carboxylic acids is 2. The van der Waals surface area contributed by atoms with Gasteiger partial charge in [-0.3, -0.25) is 9.59 Å². The third-order valence-corrected chi connectivity index (χ3v) is 5.60. The van der Waals surface area contributed by atoms with E-state index in [1.165, 1.54) is 11.8 Å². The number of thioether (sulfide) groups is 1. The molecule has 1 aliphatic rings. The van der Waals surface area contributed by atoms with Crippen LogP contribution in [0.1, 0.15) is 28.8 Å². The maximum atomic E-state index is 12.8. The highest BCUT2D eigenvalue weighted by molar-refractivity contribution is 8.00. The Morgan fingerprint density at radius 3 is 2.63 bits per heavy atom. The Labute approximate surface area is 164 Å². The number of nitrogens with one attached hydrogen (secondary N) is 1. The second-order valence-corrected chi connectivity index (χ2v) is 7.55. The van der Waals surface area contributed by atoms with E-state index in [4.69, 9.17) is 4.74 Å². The molecule has 5 nitrogen and oxygen atoms in total. The monoisotopic (exact) mass is 384 g/mol. The van der Waals surface area contributed by atoms with Crippen LogP contribution in [0.5, 0.6) is 5.75 Å². The number of anilines is 1. The van der Waals surface area contributed by atoms with Gasteiger partial charge in [0, 0.05) is 18.0 Å². The van der Waals surface area contributed by atoms with Crippen LogP contribution in [0, 0.1) is 6.92 Å². The van der Waals surface area contributed by atoms with E-state index in [0.29, 0.717) is 22.8 Å². The van der Waals surface area contributed by atoms with Crippen molar-refractivity contribution >= 4 is 29.3 Å². The average molecular weight is 385 g/mol. The van der Waals surface area contributed by atoms with Crippen LogP contribution in [-0.4, -0.2) is 42.7 Å². The van der Waals surface area contributed by atoms with E-state index < -0.39 is 0 Å². The van der Waals surface area contributed by atoms with E-state index >= 15 is 0 Å². The fourth-order valence-corrected chi connectivity index (χ4v) is 4.04. The van der Waals surface area contributed by atoms with Gasteiger partial charge in [0.1, 0.15) is 5.75 Å². The van der Waals surface area contributed by atoms with Gasteiger partial charge in [0.05, 0.1) is 24.1 Å². The third-order valence-electron chi connectivity index (χ3n) is 4.54. The van der Waals surface area contributed by atoms with Gasteiger partial charge in [-0.05, 0) is 49.6 Å². The summed E-state index contributed by atoms with van der Waals surface area (Å²) < 4.78 is 5.33. The van der Waals surface area contributed by atoms with Crippen molar-refractivity contribution < 1.29 is 14.3 Å². The minimum atomic E-state index is -0.212. The van der Waals surface area contributed by atoms with Crippen LogP contribution in [0.3, 0.4) is 0 Å². The van der Waals surface area contributed by atoms with Crippen molar-refractivity contribution in [2.45, 2.75) is 24.7 Å². The molecule has 2 amide bonds. The Bertz CT molecular complexity index is 832. The van der Waals surface area contributed by atoms with Gasteiger partial charge in [-0.15, -0.1) is 11.8 Å². The molecule has 0 atom stereocenters. The molecule has 3 rings (SSSR count). The summed E-state index contributed by atoms with van der Waals surface area (Å²) in [4.78, 5) is 27.8. The summed E-state index contributed by atoms with van der Waals surface area (Å²) in [7, 11) is 1.58. The molecule has 0 spiro atoms. The van der Waals surface area contributed by atoms with Gasteiger partial charge in [-0.2, -0.15) is 0 Å². The zero-order valence-electron chi connectivity index (χ0n) is 15.7. The Morgan fingerprint density at radius 1 is 1.15 bits per heavy atom. The highest BCUT2D eigenvalue weighted by Gasteiger charge is 2.19. The number of carbonyl (C=O) groups is 2. The summed E-state index contributed by atoms with van der Waals surface area (Å²) in [6.07, 6.45) is 2.15. The molecule has 0 radical (unpaired) electrons. The van der Waals surface area contributed by atoms with Crippen LogP contribution in [0.4, 0.5) is 5.69 Å². The number of rotatable bonds is 6. The minimum absolute atomic E-state index is 0.132. The van der Waals surface area contributed by atoms with Gasteiger partial charge in [0.15, 0.2) is 0 Å². The molecule has 1 N–H and O–H groups in total. The number of nitrogens with zero attached hydrogens (tertiary/aromatic N) is 1. The predicted molar refractivity (Wildman–Crippen MR) is 109 cm³/mol. The van der Waals surface area contributed by atoms with Crippen LogP contribution < -0.4 is 10.1 Å². The van der Waals surface area contributed by atoms with Crippen molar-refractivity contribution in [3.63, 3.8) is 0 Å². The summed E-state index contributed by atoms with van der Waals surface area (Å²) >= 11 is 1.41. The molecular weight excluding hydrogens is 360 g/mol. The summed E-state index contributed by atoms with van der Waals surface area (Å²) in [6.45, 7) is 3.65. The van der Waals surface area contributed by atoms with Gasteiger partial charge in [0.25, 0.3) is 5.91 Å². The SMILES string of the molecule is COc1ccc(C)cc1NC(=O)c1ccccc1SCC(=O)N1CCCC1. The molecule has 142 valence electrons. The van der Waals surface area contributed by atoms with E-state index in [2.05, 4.69) is 5.32 Å². The second kappa shape index (κ2) is 8.95. The molecule has 1 heterocycles. The molecule has 0 aliphatic carbocycles. The van der Waals surface area contributed by atoms with Gasteiger partial charge >= 0.3 is 0 Å². The van der Waals surface area contributed by atoms with Crippen molar-refractivity contribution in [2.24, 2.45) is 0 Å². The molecule has 1 saturated heterocycles. The molecular formula is C21H24N2O3S. The van der Waals surface area contributed by atoms with Crippen molar-refractivity contribution in [2.75, 3.05) is 31.3 Å². The van der Waals surface area contributed by atoms with Gasteiger partial charge < -0.3 is 15.0 Å². The normalized spacial score (nSPS) is 13.5. The topological polar surface area (TPSA) is 58.6 Å². The Kier molecular flexibility index (Phi) is 6.40. The number of aryl methyl sites for hydroxylation is 1. The van der Waals surface area contributed by atoms with Crippen LogP contribution >= 0.6 is 11.8 Å². The quantitative estimate of drug-likeness (QED) is 0.766. The van der Waals surface area contributed by atoms with E-state index in [1.54, 1.807) is 13.2 Å². The third kappa shape index (κ3) is 4.83. The van der Waals surface area contributed by atoms with Crippen LogP contribution in [0.15, 0.2) is 47.4 Å². The summed E-state index contributed by atoms with van der Waals surface area (Å²) in [6, 6.07) is 13.0. The zero-order valence-corrected chi connectivity index (χ0v) is 16.5. The summed E-state index contributed by atoms with van der Waals surface area (Å²) in [5, 5.41) is 2.93. The lowest BCUT2D eigenvalue weighted by Crippen LogP contribution is -2.29. The molecule has 2 aromatic rings. The molecule has 1 fully saturated rings. The first-order chi connectivity index (χ1) is 13.1. The Hall–Kier alpha value is -2.47. The van der Waals surface area contributed by atoms with E-state index in [0.717, 1.165) is 36.4 Å². The first-order valence-electron chi connectivity index (χ1n) is 9.04. The van der Waals surface area contributed by atoms with Gasteiger partial charge in [-0.1, -0.05) is 18.2 Å². The smallest absolute Gasteiger partial charge is 0.256 e. The Balaban J connectivity index is 1.72. The fraction of sp³-hybridized carbons (Fsp3) is 0.333. The molecule has 6 heteroatoms. The van der Waals surface area contributed by atoms with Crippen molar-refractivity contribution in [1.29, 1.82) is 0 Å². The van der Waals surface area contributed by atoms with Crippen LogP contribution in [0.2, 0.25) is 0 Å². The highest BCUT2D eigenvalue weighted by atomic mass is 32.2. The predicted octanol–water partition coefficient (Wildman–Crippen LogP) is 3.97. The van der Waals surface area contributed by atoms with Crippen molar-refractivity contribution in [3.8, 4) is 5.75 Å². The first kappa shape index (κ1) is 19.3. The number of hydrogen-bond acceptors (Lipinski definition) is 4. The van der Waals surface area contributed by atoms with E-state index in [1.807, 2.05) is 48.2 Å². The summed E-state index contributed by atoms with van der Waals surface area (Å²) in [5.41, 5.74) is 2.22. The lowest BCUT2D eigenvalue weighted by Gasteiger charge is -2.16. The lowest BCUT2D eigenvalue weighted by atomic mass is 10.1. The number of likely N-dealkylation sites (tertiary alicyclic amines) is 1. The molecule has 2 aromatic carbocycles. The number of benzene rings is 2. The van der Waals surface area contributed by atoms with E-state index in [9.17, 15) is 9.59 Å². The molecule has 27 heavy (non-hydrogen) atoms. The Morgan fingerprint density at radius 2 is 1.89 bits per heavy atom. The number of methoxy groups -OCH3 is 1. The zero-order chi connectivity index (χ0) is 19.2. The molecule has 0 bridgehead atoms. The molecule has 0 saturated carbocycles. The van der Waals surface area contributed by atoms with Crippen molar-refractivity contribution in [3.05, 3.63) is 53.6 Å². The van der Waals surface area contributed by atoms with E-state index in [-0.39, 0.29) is 11.8 Å². The maximum Gasteiger partial charge on any atom is 0.256 e. The number of hydrogen-bond donors (Lipinski definition) is 1. The molecule has 1 aliphatic heterocycles. The number of ether oxygens (including phenoxy) is 1. The van der Waals surface area contributed by atoms with Crippen LogP contribution in [0.25, 0.3) is 0 Å². The lowest BCUT2D eigenvalue weighted by molar-refractivity contribution is -0.127.